The Kier molecular flexibility index (Phi) is 4.75. The van der Waals surface area contributed by atoms with Crippen LogP contribution in [0.15, 0.2) is 42.6 Å². The maximum absolute atomic E-state index is 13.8. The van der Waals surface area contributed by atoms with Crippen molar-refractivity contribution in [2.45, 2.75) is 30.7 Å². The average Bonchev–Trinajstić information content (AvgIpc) is 3.07. The van der Waals surface area contributed by atoms with Gasteiger partial charge in [0.05, 0.1) is 17.5 Å². The summed E-state index contributed by atoms with van der Waals surface area (Å²) in [5, 5.41) is 30.6. The van der Waals surface area contributed by atoms with E-state index in [1.54, 1.807) is 24.3 Å². The molecule has 0 bridgehead atoms. The van der Waals surface area contributed by atoms with Gasteiger partial charge in [0.1, 0.15) is 18.0 Å². The zero-order valence-electron chi connectivity index (χ0n) is 14.8. The van der Waals surface area contributed by atoms with Gasteiger partial charge in [0.25, 0.3) is 0 Å². The van der Waals surface area contributed by atoms with Gasteiger partial charge >= 0.3 is 0 Å². The van der Waals surface area contributed by atoms with Crippen LogP contribution in [0.3, 0.4) is 0 Å². The highest BCUT2D eigenvalue weighted by atomic mass is 19.1. The summed E-state index contributed by atoms with van der Waals surface area (Å²) in [4.78, 5) is 6.05. The van der Waals surface area contributed by atoms with Crippen LogP contribution in [0.25, 0.3) is 0 Å². The van der Waals surface area contributed by atoms with Crippen molar-refractivity contribution in [2.24, 2.45) is 5.92 Å². The first-order valence-corrected chi connectivity index (χ1v) is 9.12. The Labute approximate surface area is 156 Å². The molecule has 3 N–H and O–H groups in total. The van der Waals surface area contributed by atoms with E-state index in [1.807, 2.05) is 4.90 Å². The van der Waals surface area contributed by atoms with E-state index < -0.39 is 17.5 Å². The van der Waals surface area contributed by atoms with E-state index in [2.05, 4.69) is 4.98 Å². The first kappa shape index (κ1) is 18.2. The predicted octanol–water partition coefficient (Wildman–Crippen LogP) is 1.86. The number of benzene rings is 1. The Hall–Kier alpha value is -2.22. The summed E-state index contributed by atoms with van der Waals surface area (Å²) in [5.74, 6) is -0.101. The zero-order chi connectivity index (χ0) is 19.0. The molecule has 1 aromatic heterocycles. The van der Waals surface area contributed by atoms with Crippen LogP contribution in [0.2, 0.25) is 0 Å². The summed E-state index contributed by atoms with van der Waals surface area (Å²) < 4.78 is 19.5. The van der Waals surface area contributed by atoms with Gasteiger partial charge < -0.3 is 20.1 Å². The third-order valence-electron chi connectivity index (χ3n) is 5.54. The van der Waals surface area contributed by atoms with Gasteiger partial charge in [-0.05, 0) is 30.7 Å². The minimum absolute atomic E-state index is 0.0225. The fraction of sp³-hybridized carbons (Fsp3) is 0.450. The monoisotopic (exact) mass is 374 g/mol. The van der Waals surface area contributed by atoms with Gasteiger partial charge in [-0.3, -0.25) is 9.88 Å². The third kappa shape index (κ3) is 3.76. The Bertz CT molecular complexity index is 803. The smallest absolute Gasteiger partial charge is 0.165 e. The number of halogens is 1. The molecule has 0 radical (unpaired) electrons. The summed E-state index contributed by atoms with van der Waals surface area (Å²) in [6, 6.07) is 9.38. The maximum atomic E-state index is 13.8. The maximum Gasteiger partial charge on any atom is 0.165 e. The summed E-state index contributed by atoms with van der Waals surface area (Å²) in [6.07, 6.45) is 1.38. The number of aromatic hydroxyl groups is 1. The number of aromatic nitrogens is 1. The van der Waals surface area contributed by atoms with Crippen LogP contribution in [0.4, 0.5) is 4.39 Å². The summed E-state index contributed by atoms with van der Waals surface area (Å²) >= 11 is 0. The minimum atomic E-state index is -0.891. The lowest BCUT2D eigenvalue weighted by atomic mass is 9.95. The molecule has 144 valence electrons. The Morgan fingerprint density at radius 2 is 2.11 bits per heavy atom. The second-order valence-corrected chi connectivity index (χ2v) is 7.56. The molecule has 1 aliphatic heterocycles. The fourth-order valence-corrected chi connectivity index (χ4v) is 4.26. The molecule has 2 heterocycles. The fourth-order valence-electron chi connectivity index (χ4n) is 4.26. The lowest BCUT2D eigenvalue weighted by Crippen LogP contribution is -2.36. The van der Waals surface area contributed by atoms with Crippen molar-refractivity contribution in [3.63, 3.8) is 0 Å². The van der Waals surface area contributed by atoms with Gasteiger partial charge in [0.2, 0.25) is 0 Å². The van der Waals surface area contributed by atoms with Crippen LogP contribution in [-0.2, 0) is 0 Å². The van der Waals surface area contributed by atoms with Crippen LogP contribution >= 0.6 is 0 Å². The molecule has 1 saturated carbocycles. The van der Waals surface area contributed by atoms with Gasteiger partial charge in [-0.1, -0.05) is 12.1 Å². The summed E-state index contributed by atoms with van der Waals surface area (Å²) in [6.45, 7) is 1.43. The lowest BCUT2D eigenvalue weighted by molar-refractivity contribution is 0.0174. The lowest BCUT2D eigenvalue weighted by Gasteiger charge is -2.24. The zero-order valence-corrected chi connectivity index (χ0v) is 14.8. The summed E-state index contributed by atoms with van der Waals surface area (Å²) in [5.41, 5.74) is -0.407. The van der Waals surface area contributed by atoms with Gasteiger partial charge in [0, 0.05) is 32.0 Å². The van der Waals surface area contributed by atoms with Crippen LogP contribution in [-0.4, -0.2) is 56.5 Å². The number of pyridine rings is 1. The van der Waals surface area contributed by atoms with E-state index in [0.29, 0.717) is 38.2 Å². The molecule has 7 heteroatoms. The molecule has 0 amide bonds. The van der Waals surface area contributed by atoms with Crippen LogP contribution < -0.4 is 4.74 Å². The van der Waals surface area contributed by atoms with Crippen molar-refractivity contribution in [3.8, 4) is 11.5 Å². The van der Waals surface area contributed by atoms with Crippen LogP contribution in [0, 0.1) is 11.7 Å². The number of β-amino-alcohol motifs (C(OH)–C–C–N with tert-alkyl or cyclic N) is 2. The standard InChI is InChI=1S/C20H23FN2O4/c21-16-3-1-2-4-19(16)27-15-7-13-10-23(12-20(13,26)8-15)11-18(25)17-6-5-14(24)9-22-17/h1-6,9,13,15,18,24-26H,7-8,10-12H2/t13-,15+,18?,20-/m1/s1. The molecule has 4 atom stereocenters. The van der Waals surface area contributed by atoms with Gasteiger partial charge in [-0.15, -0.1) is 0 Å². The van der Waals surface area contributed by atoms with Crippen molar-refractivity contribution in [3.05, 3.63) is 54.1 Å². The highest BCUT2D eigenvalue weighted by molar-refractivity contribution is 5.24. The molecule has 2 aliphatic rings. The van der Waals surface area contributed by atoms with Crippen LogP contribution in [0.1, 0.15) is 24.6 Å². The number of para-hydroxylation sites is 1. The highest BCUT2D eigenvalue weighted by Gasteiger charge is 2.52. The van der Waals surface area contributed by atoms with Crippen LogP contribution in [0.5, 0.6) is 11.5 Å². The quantitative estimate of drug-likeness (QED) is 0.741. The van der Waals surface area contributed by atoms with Crippen molar-refractivity contribution < 1.29 is 24.4 Å². The second-order valence-electron chi connectivity index (χ2n) is 7.56. The van der Waals surface area contributed by atoms with E-state index in [1.165, 1.54) is 18.3 Å². The SMILES string of the molecule is Oc1ccc(C(O)CN2C[C@H]3C[C@H](Oc4ccccc4F)C[C@@]3(O)C2)nc1. The summed E-state index contributed by atoms with van der Waals surface area (Å²) in [7, 11) is 0. The highest BCUT2D eigenvalue weighted by Crippen LogP contribution is 2.43. The van der Waals surface area contributed by atoms with Gasteiger partial charge in [-0.25, -0.2) is 4.39 Å². The number of aliphatic hydroxyl groups excluding tert-OH is 1. The van der Waals surface area contributed by atoms with E-state index in [0.717, 1.165) is 0 Å². The topological polar surface area (TPSA) is 86.1 Å². The largest absolute Gasteiger partial charge is 0.506 e. The second kappa shape index (κ2) is 7.07. The molecule has 4 rings (SSSR count). The number of aliphatic hydroxyl groups is 2. The predicted molar refractivity (Wildman–Crippen MR) is 95.8 cm³/mol. The molecule has 1 saturated heterocycles. The Balaban J connectivity index is 1.35. The van der Waals surface area contributed by atoms with E-state index in [-0.39, 0.29) is 23.5 Å². The first-order valence-electron chi connectivity index (χ1n) is 9.12. The number of ether oxygens (including phenoxy) is 1. The number of rotatable bonds is 5. The van der Waals surface area contributed by atoms with Gasteiger partial charge in [0.15, 0.2) is 11.6 Å². The molecular weight excluding hydrogens is 351 g/mol. The van der Waals surface area contributed by atoms with E-state index in [9.17, 15) is 19.7 Å². The Morgan fingerprint density at radius 1 is 1.30 bits per heavy atom. The van der Waals surface area contributed by atoms with E-state index in [4.69, 9.17) is 4.74 Å². The third-order valence-corrected chi connectivity index (χ3v) is 5.54. The molecule has 6 nitrogen and oxygen atoms in total. The average molecular weight is 374 g/mol. The van der Waals surface area contributed by atoms with Gasteiger partial charge in [-0.2, -0.15) is 0 Å². The van der Waals surface area contributed by atoms with Crippen molar-refractivity contribution in [2.75, 3.05) is 19.6 Å². The molecular formula is C20H23FN2O4. The number of hydrogen-bond acceptors (Lipinski definition) is 6. The van der Waals surface area contributed by atoms with E-state index >= 15 is 0 Å². The number of hydrogen-bond donors (Lipinski definition) is 3. The van der Waals surface area contributed by atoms with Crippen molar-refractivity contribution in [1.29, 1.82) is 0 Å². The number of fused-ring (bicyclic) bond motifs is 1. The molecule has 1 aromatic carbocycles. The molecule has 2 fully saturated rings. The first-order chi connectivity index (χ1) is 12.9. The van der Waals surface area contributed by atoms with Crippen molar-refractivity contribution in [1.82, 2.24) is 9.88 Å². The molecule has 2 aromatic rings. The normalized spacial score (nSPS) is 28.9. The van der Waals surface area contributed by atoms with Crippen molar-refractivity contribution >= 4 is 0 Å². The molecule has 1 aliphatic carbocycles. The number of likely N-dealkylation sites (tertiary alicyclic amines) is 1. The molecule has 27 heavy (non-hydrogen) atoms. The molecule has 0 spiro atoms. The minimum Gasteiger partial charge on any atom is -0.506 e. The Morgan fingerprint density at radius 3 is 2.81 bits per heavy atom. The molecule has 1 unspecified atom stereocenters. The number of nitrogens with zero attached hydrogens (tertiary/aromatic N) is 2.